The summed E-state index contributed by atoms with van der Waals surface area (Å²) >= 11 is 0. The highest BCUT2D eigenvalue weighted by molar-refractivity contribution is 6.09. The molecule has 35 heavy (non-hydrogen) atoms. The number of hydrogen-bond acceptors (Lipinski definition) is 4. The van der Waals surface area contributed by atoms with E-state index in [9.17, 15) is 14.4 Å². The predicted molar refractivity (Wildman–Crippen MR) is 135 cm³/mol. The van der Waals surface area contributed by atoms with Gasteiger partial charge in [0.15, 0.2) is 0 Å². The van der Waals surface area contributed by atoms with Crippen LogP contribution in [0.25, 0.3) is 10.8 Å². The highest BCUT2D eigenvalue weighted by Crippen LogP contribution is 2.31. The van der Waals surface area contributed by atoms with Gasteiger partial charge in [-0.3, -0.25) is 14.5 Å². The maximum atomic E-state index is 13.2. The van der Waals surface area contributed by atoms with Crippen LogP contribution in [0.1, 0.15) is 38.8 Å². The smallest absolute Gasteiger partial charge is 0.325 e. The van der Waals surface area contributed by atoms with Gasteiger partial charge < -0.3 is 15.4 Å². The second-order valence-corrected chi connectivity index (χ2v) is 9.98. The normalized spacial score (nSPS) is 18.0. The highest BCUT2D eigenvalue weighted by atomic mass is 16.5. The van der Waals surface area contributed by atoms with Gasteiger partial charge in [0.25, 0.3) is 5.91 Å². The van der Waals surface area contributed by atoms with Crippen LogP contribution in [-0.2, 0) is 20.5 Å². The van der Waals surface area contributed by atoms with Crippen LogP contribution in [0.5, 0.6) is 5.75 Å². The third-order valence-electron chi connectivity index (χ3n) is 6.32. The average molecular weight is 474 g/mol. The molecule has 0 spiro atoms. The molecule has 1 unspecified atom stereocenters. The minimum Gasteiger partial charge on any atom is -0.492 e. The van der Waals surface area contributed by atoms with Gasteiger partial charge in [-0.2, -0.15) is 0 Å². The Labute approximate surface area is 205 Å². The van der Waals surface area contributed by atoms with E-state index in [0.717, 1.165) is 15.7 Å². The molecule has 3 aromatic rings. The van der Waals surface area contributed by atoms with E-state index < -0.39 is 23.4 Å². The zero-order valence-electron chi connectivity index (χ0n) is 20.6. The van der Waals surface area contributed by atoms with E-state index in [1.165, 1.54) is 5.56 Å². The Hall–Kier alpha value is -3.87. The number of imide groups is 1. The van der Waals surface area contributed by atoms with Crippen molar-refractivity contribution in [3.05, 3.63) is 77.9 Å². The van der Waals surface area contributed by atoms with Gasteiger partial charge in [0.1, 0.15) is 24.4 Å². The van der Waals surface area contributed by atoms with Crippen LogP contribution < -0.4 is 15.4 Å². The number of amides is 4. The van der Waals surface area contributed by atoms with Gasteiger partial charge in [-0.25, -0.2) is 4.79 Å². The molecular weight excluding hydrogens is 442 g/mol. The Balaban J connectivity index is 1.31. The summed E-state index contributed by atoms with van der Waals surface area (Å²) in [4.78, 5) is 39.1. The zero-order valence-corrected chi connectivity index (χ0v) is 20.6. The van der Waals surface area contributed by atoms with Crippen LogP contribution in [-0.4, -0.2) is 42.4 Å². The summed E-state index contributed by atoms with van der Waals surface area (Å²) in [6.45, 7) is 8.28. The van der Waals surface area contributed by atoms with Gasteiger partial charge in [0.2, 0.25) is 5.91 Å². The molecule has 1 aliphatic heterocycles. The molecule has 1 fully saturated rings. The quantitative estimate of drug-likeness (QED) is 0.400. The number of nitrogens with zero attached hydrogens (tertiary/aromatic N) is 1. The summed E-state index contributed by atoms with van der Waals surface area (Å²) in [7, 11) is 0. The van der Waals surface area contributed by atoms with Crippen molar-refractivity contribution in [3.8, 4) is 5.75 Å². The summed E-state index contributed by atoms with van der Waals surface area (Å²) in [5, 5.41) is 7.47. The molecule has 0 saturated carbocycles. The van der Waals surface area contributed by atoms with Crippen LogP contribution in [0.2, 0.25) is 0 Å². The van der Waals surface area contributed by atoms with Crippen molar-refractivity contribution < 1.29 is 19.1 Å². The second-order valence-electron chi connectivity index (χ2n) is 9.98. The van der Waals surface area contributed by atoms with Gasteiger partial charge in [-0.05, 0) is 52.4 Å². The first kappa shape index (κ1) is 24.3. The minimum absolute atomic E-state index is 0.0657. The number of nitrogens with one attached hydrogen (secondary N) is 2. The van der Waals surface area contributed by atoms with Gasteiger partial charge in [0.05, 0.1) is 6.54 Å². The number of benzene rings is 3. The lowest BCUT2D eigenvalue weighted by Gasteiger charge is -2.22. The summed E-state index contributed by atoms with van der Waals surface area (Å²) in [6, 6.07) is 20.7. The Morgan fingerprint density at radius 2 is 1.69 bits per heavy atom. The van der Waals surface area contributed by atoms with Crippen LogP contribution in [0.4, 0.5) is 4.79 Å². The van der Waals surface area contributed by atoms with E-state index in [-0.39, 0.29) is 25.1 Å². The molecule has 1 atom stereocenters. The molecular formula is C28H31N3O4. The first-order chi connectivity index (χ1) is 16.6. The number of urea groups is 1. The molecule has 4 rings (SSSR count). The standard InChI is InChI=1S/C28H31N3O4/c1-27(2,3)21-11-13-23(14-12-21)35-16-15-29-24(32)18-31-25(33)28(4,30-26(31)34)22-10-9-19-7-5-6-8-20(19)17-22/h5-14,17H,15-16,18H2,1-4H3,(H,29,32)(H,30,34). The van der Waals surface area contributed by atoms with E-state index in [4.69, 9.17) is 4.74 Å². The lowest BCUT2D eigenvalue weighted by Crippen LogP contribution is -2.43. The molecule has 182 valence electrons. The third-order valence-corrected chi connectivity index (χ3v) is 6.32. The Kier molecular flexibility index (Phi) is 6.52. The third kappa shape index (κ3) is 5.14. The van der Waals surface area contributed by atoms with E-state index in [2.05, 4.69) is 31.4 Å². The van der Waals surface area contributed by atoms with Gasteiger partial charge in [-0.15, -0.1) is 0 Å². The summed E-state index contributed by atoms with van der Waals surface area (Å²) in [5.41, 5.74) is 0.714. The second kappa shape index (κ2) is 9.41. The molecule has 0 aromatic heterocycles. The van der Waals surface area contributed by atoms with E-state index >= 15 is 0 Å². The summed E-state index contributed by atoms with van der Waals surface area (Å²) in [5.74, 6) is -0.168. The average Bonchev–Trinajstić information content (AvgIpc) is 3.05. The topological polar surface area (TPSA) is 87.7 Å². The molecule has 0 radical (unpaired) electrons. The van der Waals surface area contributed by atoms with Crippen LogP contribution in [0.15, 0.2) is 66.7 Å². The molecule has 4 amide bonds. The molecule has 1 heterocycles. The number of ether oxygens (including phenoxy) is 1. The van der Waals surface area contributed by atoms with E-state index in [1.54, 1.807) is 6.92 Å². The van der Waals surface area contributed by atoms with Gasteiger partial charge in [-0.1, -0.05) is 69.3 Å². The maximum Gasteiger partial charge on any atom is 0.325 e. The van der Waals surface area contributed by atoms with Crippen LogP contribution in [0, 0.1) is 0 Å². The fourth-order valence-corrected chi connectivity index (χ4v) is 4.15. The van der Waals surface area contributed by atoms with Crippen LogP contribution in [0.3, 0.4) is 0 Å². The Morgan fingerprint density at radius 1 is 1.00 bits per heavy atom. The largest absolute Gasteiger partial charge is 0.492 e. The number of rotatable bonds is 7. The van der Waals surface area contributed by atoms with Crippen molar-refractivity contribution in [1.82, 2.24) is 15.5 Å². The van der Waals surface area contributed by atoms with Crippen LogP contribution >= 0.6 is 0 Å². The number of carbonyl (C=O) groups excluding carboxylic acids is 3. The minimum atomic E-state index is -1.23. The molecule has 0 bridgehead atoms. The van der Waals surface area contributed by atoms with Crippen molar-refractivity contribution in [2.75, 3.05) is 19.7 Å². The SMILES string of the molecule is CC(C)(C)c1ccc(OCCNC(=O)CN2C(=O)NC(C)(c3ccc4ccccc4c3)C2=O)cc1. The lowest BCUT2D eigenvalue weighted by molar-refractivity contribution is -0.134. The Morgan fingerprint density at radius 3 is 2.37 bits per heavy atom. The predicted octanol–water partition coefficient (Wildman–Crippen LogP) is 4.10. The lowest BCUT2D eigenvalue weighted by atomic mass is 9.87. The summed E-state index contributed by atoms with van der Waals surface area (Å²) < 4.78 is 5.69. The van der Waals surface area contributed by atoms with Gasteiger partial charge in [0, 0.05) is 0 Å². The fourth-order valence-electron chi connectivity index (χ4n) is 4.15. The van der Waals surface area contributed by atoms with E-state index in [0.29, 0.717) is 11.3 Å². The molecule has 0 aliphatic carbocycles. The zero-order chi connectivity index (χ0) is 25.2. The molecule has 1 aliphatic rings. The first-order valence-electron chi connectivity index (χ1n) is 11.7. The number of hydrogen-bond donors (Lipinski definition) is 2. The Bertz CT molecular complexity index is 1260. The summed E-state index contributed by atoms with van der Waals surface area (Å²) in [6.07, 6.45) is 0. The molecule has 1 saturated heterocycles. The molecule has 7 nitrogen and oxygen atoms in total. The van der Waals surface area contributed by atoms with Crippen molar-refractivity contribution in [2.45, 2.75) is 38.6 Å². The molecule has 7 heteroatoms. The fraction of sp³-hybridized carbons (Fsp3) is 0.321. The van der Waals surface area contributed by atoms with Gasteiger partial charge >= 0.3 is 6.03 Å². The molecule has 2 N–H and O–H groups in total. The first-order valence-corrected chi connectivity index (χ1v) is 11.7. The molecule has 3 aromatic carbocycles. The van der Waals surface area contributed by atoms with E-state index in [1.807, 2.05) is 66.7 Å². The highest BCUT2D eigenvalue weighted by Gasteiger charge is 2.49. The van der Waals surface area contributed by atoms with Crippen molar-refractivity contribution in [3.63, 3.8) is 0 Å². The number of fused-ring (bicyclic) bond motifs is 1. The number of carbonyl (C=O) groups is 3. The van der Waals surface area contributed by atoms with Crippen molar-refractivity contribution in [1.29, 1.82) is 0 Å². The monoisotopic (exact) mass is 473 g/mol. The maximum absolute atomic E-state index is 13.2. The van der Waals surface area contributed by atoms with Crippen molar-refractivity contribution >= 4 is 28.6 Å². The van der Waals surface area contributed by atoms with Crippen molar-refractivity contribution in [2.24, 2.45) is 0 Å².